The van der Waals surface area contributed by atoms with E-state index in [-0.39, 0.29) is 27.6 Å². The first kappa shape index (κ1) is 27.0. The summed E-state index contributed by atoms with van der Waals surface area (Å²) in [4.78, 5) is 12.7. The van der Waals surface area contributed by atoms with Crippen LogP contribution in [0.4, 0.5) is 0 Å². The Morgan fingerprint density at radius 1 is 1.17 bits per heavy atom. The van der Waals surface area contributed by atoms with Crippen molar-refractivity contribution in [2.24, 2.45) is 0 Å². The molecule has 35 heavy (non-hydrogen) atoms. The number of carbonyl (C=O) groups is 1. The van der Waals surface area contributed by atoms with Crippen LogP contribution in [0, 0.1) is 0 Å². The number of sulfonamides is 1. The Morgan fingerprint density at radius 3 is 2.60 bits per heavy atom. The van der Waals surface area contributed by atoms with E-state index in [1.54, 1.807) is 30.3 Å². The van der Waals surface area contributed by atoms with Gasteiger partial charge in [-0.15, -0.1) is 0 Å². The lowest BCUT2D eigenvalue weighted by atomic mass is 9.90. The molecule has 1 aliphatic rings. The van der Waals surface area contributed by atoms with Crippen molar-refractivity contribution < 1.29 is 27.4 Å². The standard InChI is InChI=1S/C23H28BrN3O6S2/c1-4-25-23(34)27-35(29,30)21-12-16-14(8-10-33-19(16)13-20(21)32-3)7-9-26-22(28)17-11-15(24)5-6-18(17)31-2/h5-6,11-14H,4,7-10H2,1-3H3,(H,26,28)(H2,25,27,34). The fourth-order valence-electron chi connectivity index (χ4n) is 3.82. The first-order valence-electron chi connectivity index (χ1n) is 11.0. The van der Waals surface area contributed by atoms with E-state index in [0.29, 0.717) is 49.6 Å². The van der Waals surface area contributed by atoms with Gasteiger partial charge >= 0.3 is 0 Å². The van der Waals surface area contributed by atoms with Gasteiger partial charge in [0.15, 0.2) is 5.11 Å². The van der Waals surface area contributed by atoms with Gasteiger partial charge in [0.25, 0.3) is 15.9 Å². The number of hydrogen-bond acceptors (Lipinski definition) is 7. The van der Waals surface area contributed by atoms with E-state index in [2.05, 4.69) is 31.3 Å². The van der Waals surface area contributed by atoms with E-state index in [1.165, 1.54) is 14.2 Å². The molecule has 1 aliphatic heterocycles. The topological polar surface area (TPSA) is 115 Å². The van der Waals surface area contributed by atoms with Crippen molar-refractivity contribution in [3.05, 3.63) is 45.9 Å². The maximum Gasteiger partial charge on any atom is 0.267 e. The molecule has 1 atom stereocenters. The minimum atomic E-state index is -3.99. The third-order valence-electron chi connectivity index (χ3n) is 5.50. The van der Waals surface area contributed by atoms with Gasteiger partial charge in [-0.25, -0.2) is 8.42 Å². The predicted molar refractivity (Wildman–Crippen MR) is 140 cm³/mol. The molecule has 3 N–H and O–H groups in total. The predicted octanol–water partition coefficient (Wildman–Crippen LogP) is 3.33. The molecule has 0 fully saturated rings. The quantitative estimate of drug-likeness (QED) is 0.384. The SMILES string of the molecule is CCNC(=S)NS(=O)(=O)c1cc2c(cc1OC)OCCC2CCNC(=O)c1cc(Br)ccc1OC. The van der Waals surface area contributed by atoms with Gasteiger partial charge in [0.1, 0.15) is 22.1 Å². The number of halogens is 1. The van der Waals surface area contributed by atoms with Crippen LogP contribution in [0.2, 0.25) is 0 Å². The molecule has 190 valence electrons. The second-order valence-corrected chi connectivity index (χ2v) is 10.7. The molecule has 2 aromatic rings. The number of benzene rings is 2. The van der Waals surface area contributed by atoms with Gasteiger partial charge in [-0.3, -0.25) is 9.52 Å². The maximum absolute atomic E-state index is 13.0. The summed E-state index contributed by atoms with van der Waals surface area (Å²) < 4.78 is 45.5. The van der Waals surface area contributed by atoms with Crippen LogP contribution in [0.1, 0.15) is 41.6 Å². The molecular weight excluding hydrogens is 558 g/mol. The van der Waals surface area contributed by atoms with Crippen molar-refractivity contribution >= 4 is 49.2 Å². The summed E-state index contributed by atoms with van der Waals surface area (Å²) in [6.45, 7) is 3.15. The zero-order valence-corrected chi connectivity index (χ0v) is 22.9. The highest BCUT2D eigenvalue weighted by molar-refractivity contribution is 9.10. The molecule has 12 heteroatoms. The molecule has 0 saturated heterocycles. The lowest BCUT2D eigenvalue weighted by Gasteiger charge is -2.27. The smallest absolute Gasteiger partial charge is 0.267 e. The van der Waals surface area contributed by atoms with Crippen molar-refractivity contribution in [2.45, 2.75) is 30.6 Å². The molecule has 0 radical (unpaired) electrons. The molecule has 0 aromatic heterocycles. The van der Waals surface area contributed by atoms with Crippen LogP contribution in [0.15, 0.2) is 39.7 Å². The normalized spacial score (nSPS) is 14.8. The molecule has 0 aliphatic carbocycles. The van der Waals surface area contributed by atoms with Gasteiger partial charge < -0.3 is 24.8 Å². The van der Waals surface area contributed by atoms with E-state index in [4.69, 9.17) is 26.4 Å². The van der Waals surface area contributed by atoms with Crippen LogP contribution in [0.25, 0.3) is 0 Å². The maximum atomic E-state index is 13.0. The molecule has 2 aromatic carbocycles. The Morgan fingerprint density at radius 2 is 1.91 bits per heavy atom. The van der Waals surface area contributed by atoms with Crippen LogP contribution in [-0.4, -0.2) is 53.4 Å². The lowest BCUT2D eigenvalue weighted by Crippen LogP contribution is -2.39. The van der Waals surface area contributed by atoms with Gasteiger partial charge in [-0.2, -0.15) is 0 Å². The van der Waals surface area contributed by atoms with Crippen LogP contribution in [0.3, 0.4) is 0 Å². The van der Waals surface area contributed by atoms with Crippen LogP contribution < -0.4 is 29.6 Å². The molecule has 0 saturated carbocycles. The average molecular weight is 587 g/mol. The van der Waals surface area contributed by atoms with E-state index in [1.807, 2.05) is 6.92 Å². The Hall–Kier alpha value is -2.57. The summed E-state index contributed by atoms with van der Waals surface area (Å²) in [7, 11) is -1.07. The van der Waals surface area contributed by atoms with E-state index >= 15 is 0 Å². The fraction of sp³-hybridized carbons (Fsp3) is 0.391. The van der Waals surface area contributed by atoms with Crippen molar-refractivity contribution in [1.29, 1.82) is 0 Å². The number of hydrogen-bond donors (Lipinski definition) is 3. The Kier molecular flexibility index (Phi) is 9.20. The van der Waals surface area contributed by atoms with Crippen LogP contribution in [-0.2, 0) is 10.0 Å². The summed E-state index contributed by atoms with van der Waals surface area (Å²) in [6, 6.07) is 8.37. The first-order chi connectivity index (χ1) is 16.7. The van der Waals surface area contributed by atoms with Gasteiger partial charge in [0.05, 0.1) is 26.4 Å². The molecule has 1 amide bonds. The molecule has 3 rings (SSSR count). The molecule has 0 bridgehead atoms. The average Bonchev–Trinajstić information content (AvgIpc) is 2.83. The monoisotopic (exact) mass is 585 g/mol. The van der Waals surface area contributed by atoms with Crippen molar-refractivity contribution in [3.8, 4) is 17.2 Å². The highest BCUT2D eigenvalue weighted by Gasteiger charge is 2.29. The second kappa shape index (κ2) is 11.9. The molecule has 9 nitrogen and oxygen atoms in total. The summed E-state index contributed by atoms with van der Waals surface area (Å²) in [5, 5.41) is 5.70. The third kappa shape index (κ3) is 6.56. The van der Waals surface area contributed by atoms with Gasteiger partial charge in [0, 0.05) is 23.6 Å². The third-order valence-corrected chi connectivity index (χ3v) is 7.74. The van der Waals surface area contributed by atoms with E-state index in [0.717, 1.165) is 10.0 Å². The Balaban J connectivity index is 1.79. The zero-order chi connectivity index (χ0) is 25.6. The van der Waals surface area contributed by atoms with Crippen molar-refractivity contribution in [2.75, 3.05) is 33.9 Å². The summed E-state index contributed by atoms with van der Waals surface area (Å²) in [6.07, 6.45) is 1.27. The number of carbonyl (C=O) groups excluding carboxylic acids is 1. The number of thiocarbonyl (C=S) groups is 1. The summed E-state index contributed by atoms with van der Waals surface area (Å²) >= 11 is 8.43. The van der Waals surface area contributed by atoms with Gasteiger partial charge in [0.2, 0.25) is 0 Å². The minimum Gasteiger partial charge on any atom is -0.496 e. The highest BCUT2D eigenvalue weighted by atomic mass is 79.9. The molecular formula is C23H28BrN3O6S2. The van der Waals surface area contributed by atoms with Crippen molar-refractivity contribution in [3.63, 3.8) is 0 Å². The minimum absolute atomic E-state index is 0.00534. The lowest BCUT2D eigenvalue weighted by molar-refractivity contribution is 0.0948. The molecule has 1 heterocycles. The zero-order valence-electron chi connectivity index (χ0n) is 19.6. The second-order valence-electron chi connectivity index (χ2n) is 7.73. The number of fused-ring (bicyclic) bond motifs is 1. The number of rotatable bonds is 9. The first-order valence-corrected chi connectivity index (χ1v) is 13.7. The van der Waals surface area contributed by atoms with E-state index < -0.39 is 10.0 Å². The Bertz CT molecular complexity index is 1210. The van der Waals surface area contributed by atoms with Gasteiger partial charge in [-0.1, -0.05) is 15.9 Å². The fourth-order valence-corrected chi connectivity index (χ4v) is 5.77. The molecule has 0 spiro atoms. The van der Waals surface area contributed by atoms with E-state index in [9.17, 15) is 13.2 Å². The summed E-state index contributed by atoms with van der Waals surface area (Å²) in [5.41, 5.74) is 1.16. The number of nitrogens with one attached hydrogen (secondary N) is 3. The Labute approximate surface area is 219 Å². The largest absolute Gasteiger partial charge is 0.496 e. The number of ether oxygens (including phenoxy) is 3. The van der Waals surface area contributed by atoms with Gasteiger partial charge in [-0.05, 0) is 67.7 Å². The van der Waals surface area contributed by atoms with Crippen LogP contribution in [0.5, 0.6) is 17.2 Å². The molecule has 1 unspecified atom stereocenters. The highest BCUT2D eigenvalue weighted by Crippen LogP contribution is 2.41. The number of methoxy groups -OCH3 is 2. The van der Waals surface area contributed by atoms with Crippen molar-refractivity contribution in [1.82, 2.24) is 15.4 Å². The number of amides is 1. The summed E-state index contributed by atoms with van der Waals surface area (Å²) in [5.74, 6) is 0.920. The van der Waals surface area contributed by atoms with Crippen LogP contribution >= 0.6 is 28.1 Å².